The second-order valence-electron chi connectivity index (χ2n) is 5.95. The number of nitrogen functional groups attached to an aromatic ring is 1. The lowest BCUT2D eigenvalue weighted by atomic mass is 9.78. The van der Waals surface area contributed by atoms with Gasteiger partial charge < -0.3 is 15.9 Å². The number of phenols is 1. The largest absolute Gasteiger partial charge is 0.506 e. The van der Waals surface area contributed by atoms with Gasteiger partial charge in [-0.3, -0.25) is 0 Å². The molecule has 0 unspecified atom stereocenters. The Labute approximate surface area is 125 Å². The first-order valence-corrected chi connectivity index (χ1v) is 8.50. The Morgan fingerprint density at radius 1 is 1.38 bits per heavy atom. The molecule has 0 radical (unpaired) electrons. The van der Waals surface area contributed by atoms with Gasteiger partial charge >= 0.3 is 0 Å². The number of aliphatic hydroxyl groups excluding tert-OH is 1. The minimum atomic E-state index is -3.79. The van der Waals surface area contributed by atoms with Crippen molar-refractivity contribution >= 4 is 15.7 Å². The van der Waals surface area contributed by atoms with Crippen LogP contribution in [0, 0.1) is 5.92 Å². The van der Waals surface area contributed by atoms with Crippen LogP contribution in [0.5, 0.6) is 5.75 Å². The van der Waals surface area contributed by atoms with E-state index in [0.717, 1.165) is 12.8 Å². The Balaban J connectivity index is 2.25. The Hall–Kier alpha value is -1.31. The normalized spacial score (nSPS) is 26.7. The summed E-state index contributed by atoms with van der Waals surface area (Å²) >= 11 is 0. The number of hydrogen-bond donors (Lipinski definition) is 4. The lowest BCUT2D eigenvalue weighted by molar-refractivity contribution is 0.125. The zero-order chi connectivity index (χ0) is 15.7. The third kappa shape index (κ3) is 3.48. The van der Waals surface area contributed by atoms with E-state index in [1.165, 1.54) is 18.2 Å². The van der Waals surface area contributed by atoms with Crippen molar-refractivity contribution in [1.29, 1.82) is 0 Å². The highest BCUT2D eigenvalue weighted by molar-refractivity contribution is 7.89. The molecule has 1 aromatic rings. The molecule has 1 saturated carbocycles. The van der Waals surface area contributed by atoms with Crippen molar-refractivity contribution in [2.24, 2.45) is 5.92 Å². The molecule has 0 bridgehead atoms. The molecule has 6 nitrogen and oxygen atoms in total. The summed E-state index contributed by atoms with van der Waals surface area (Å²) in [6.07, 6.45) is 2.97. The van der Waals surface area contributed by atoms with Crippen LogP contribution in [0.1, 0.15) is 32.6 Å². The molecule has 21 heavy (non-hydrogen) atoms. The number of phenolic OH excluding ortho intramolecular Hbond substituents is 1. The maximum atomic E-state index is 12.5. The average molecular weight is 314 g/mol. The molecule has 0 atom stereocenters. The van der Waals surface area contributed by atoms with Crippen molar-refractivity contribution in [1.82, 2.24) is 4.72 Å². The second-order valence-corrected chi connectivity index (χ2v) is 7.63. The Kier molecular flexibility index (Phi) is 4.46. The van der Waals surface area contributed by atoms with Crippen molar-refractivity contribution in [3.8, 4) is 5.75 Å². The summed E-state index contributed by atoms with van der Waals surface area (Å²) in [7, 11) is -3.79. The second kappa shape index (κ2) is 5.82. The van der Waals surface area contributed by atoms with Gasteiger partial charge in [0, 0.05) is 0 Å². The number of nitrogens with one attached hydrogen (secondary N) is 1. The zero-order valence-corrected chi connectivity index (χ0v) is 12.9. The highest BCUT2D eigenvalue weighted by Gasteiger charge is 2.37. The van der Waals surface area contributed by atoms with Gasteiger partial charge in [-0.2, -0.15) is 0 Å². The Morgan fingerprint density at radius 2 is 2.00 bits per heavy atom. The van der Waals surface area contributed by atoms with Gasteiger partial charge in [0.05, 0.1) is 22.7 Å². The van der Waals surface area contributed by atoms with Crippen LogP contribution in [0.25, 0.3) is 0 Å². The summed E-state index contributed by atoms with van der Waals surface area (Å²) in [5.74, 6) is 0.385. The molecule has 1 fully saturated rings. The summed E-state index contributed by atoms with van der Waals surface area (Å²) < 4.78 is 27.5. The van der Waals surface area contributed by atoms with Crippen molar-refractivity contribution < 1.29 is 18.6 Å². The number of sulfonamides is 1. The minimum Gasteiger partial charge on any atom is -0.506 e. The smallest absolute Gasteiger partial charge is 0.241 e. The van der Waals surface area contributed by atoms with E-state index in [2.05, 4.69) is 11.6 Å². The molecule has 2 rings (SSSR count). The van der Waals surface area contributed by atoms with Crippen LogP contribution in [0.2, 0.25) is 0 Å². The van der Waals surface area contributed by atoms with Gasteiger partial charge in [0.25, 0.3) is 0 Å². The first kappa shape index (κ1) is 16.1. The molecule has 0 amide bonds. The summed E-state index contributed by atoms with van der Waals surface area (Å²) in [5.41, 5.74) is 4.74. The molecule has 1 aliphatic rings. The van der Waals surface area contributed by atoms with Crippen LogP contribution in [0.3, 0.4) is 0 Å². The number of benzene rings is 1. The number of nitrogens with two attached hydrogens (primary N) is 1. The van der Waals surface area contributed by atoms with E-state index in [9.17, 15) is 18.6 Å². The van der Waals surface area contributed by atoms with Crippen molar-refractivity contribution in [3.05, 3.63) is 18.2 Å². The van der Waals surface area contributed by atoms with Gasteiger partial charge in [-0.05, 0) is 49.8 Å². The topological polar surface area (TPSA) is 113 Å². The number of aromatic hydroxyl groups is 1. The predicted octanol–water partition coefficient (Wildman–Crippen LogP) is 1.19. The molecule has 0 aromatic heterocycles. The third-order valence-corrected chi connectivity index (χ3v) is 5.77. The van der Waals surface area contributed by atoms with Crippen LogP contribution < -0.4 is 10.5 Å². The molecule has 0 heterocycles. The quantitative estimate of drug-likeness (QED) is 0.492. The molecule has 0 aliphatic heterocycles. The van der Waals surface area contributed by atoms with Gasteiger partial charge in [0.2, 0.25) is 10.0 Å². The van der Waals surface area contributed by atoms with Crippen LogP contribution in [-0.4, -0.2) is 30.8 Å². The van der Waals surface area contributed by atoms with E-state index < -0.39 is 15.6 Å². The van der Waals surface area contributed by atoms with Crippen molar-refractivity contribution in [2.45, 2.75) is 43.0 Å². The predicted molar refractivity (Wildman–Crippen MR) is 80.3 cm³/mol. The molecular formula is C14H22N2O4S. The minimum absolute atomic E-state index is 0.00758. The molecule has 1 aliphatic carbocycles. The maximum Gasteiger partial charge on any atom is 0.241 e. The van der Waals surface area contributed by atoms with Crippen LogP contribution in [0.15, 0.2) is 23.1 Å². The monoisotopic (exact) mass is 314 g/mol. The first-order valence-electron chi connectivity index (χ1n) is 7.01. The highest BCUT2D eigenvalue weighted by atomic mass is 32.2. The van der Waals surface area contributed by atoms with Crippen molar-refractivity contribution in [2.75, 3.05) is 12.3 Å². The third-order valence-electron chi connectivity index (χ3n) is 4.19. The summed E-state index contributed by atoms with van der Waals surface area (Å²) in [5, 5.41) is 19.0. The van der Waals surface area contributed by atoms with Gasteiger partial charge in [0.15, 0.2) is 0 Å². The van der Waals surface area contributed by atoms with Crippen LogP contribution >= 0.6 is 0 Å². The zero-order valence-electron chi connectivity index (χ0n) is 12.0. The summed E-state index contributed by atoms with van der Waals surface area (Å²) in [6, 6.07) is 3.76. The first-order chi connectivity index (χ1) is 9.78. The highest BCUT2D eigenvalue weighted by Crippen LogP contribution is 2.33. The number of anilines is 1. The van der Waals surface area contributed by atoms with Gasteiger partial charge in [-0.15, -0.1) is 0 Å². The SMILES string of the molecule is CC1CCC(CO)(NS(=O)(=O)c2ccc(O)c(N)c2)CC1. The standard InChI is InChI=1S/C14H22N2O4S/c1-10-4-6-14(9-17,7-5-10)16-21(19,20)11-2-3-13(18)12(15)8-11/h2-3,8,10,16-18H,4-7,9,15H2,1H3. The fourth-order valence-electron chi connectivity index (χ4n) is 2.65. The maximum absolute atomic E-state index is 12.5. The van der Waals surface area contributed by atoms with Crippen molar-refractivity contribution in [3.63, 3.8) is 0 Å². The fourth-order valence-corrected chi connectivity index (χ4v) is 4.14. The van der Waals surface area contributed by atoms with Gasteiger partial charge in [-0.25, -0.2) is 13.1 Å². The summed E-state index contributed by atoms with van der Waals surface area (Å²) in [6.45, 7) is 1.89. The van der Waals surface area contributed by atoms with E-state index in [1.807, 2.05) is 0 Å². The molecule has 0 saturated heterocycles. The van der Waals surface area contributed by atoms with E-state index in [4.69, 9.17) is 5.73 Å². The molecule has 7 heteroatoms. The molecule has 5 N–H and O–H groups in total. The fraction of sp³-hybridized carbons (Fsp3) is 0.571. The number of hydrogen-bond acceptors (Lipinski definition) is 5. The van der Waals surface area contributed by atoms with E-state index in [0.29, 0.717) is 18.8 Å². The van der Waals surface area contributed by atoms with Gasteiger partial charge in [0.1, 0.15) is 5.75 Å². The molecule has 0 spiro atoms. The number of rotatable bonds is 4. The molecule has 118 valence electrons. The lowest BCUT2D eigenvalue weighted by Crippen LogP contribution is -2.53. The van der Waals surface area contributed by atoms with E-state index in [1.54, 1.807) is 0 Å². The Morgan fingerprint density at radius 3 is 2.52 bits per heavy atom. The number of aliphatic hydroxyl groups is 1. The molecular weight excluding hydrogens is 292 g/mol. The Bertz CT molecular complexity index is 607. The molecule has 1 aromatic carbocycles. The van der Waals surface area contributed by atoms with Crippen LogP contribution in [-0.2, 0) is 10.0 Å². The van der Waals surface area contributed by atoms with Crippen LogP contribution in [0.4, 0.5) is 5.69 Å². The average Bonchev–Trinajstić information content (AvgIpc) is 2.44. The lowest BCUT2D eigenvalue weighted by Gasteiger charge is -2.38. The summed E-state index contributed by atoms with van der Waals surface area (Å²) in [4.78, 5) is -0.00996. The van der Waals surface area contributed by atoms with E-state index >= 15 is 0 Å². The van der Waals surface area contributed by atoms with Gasteiger partial charge in [-0.1, -0.05) is 6.92 Å². The van der Waals surface area contributed by atoms with E-state index in [-0.39, 0.29) is 22.9 Å².